The molecule has 2 bridgehead atoms. The summed E-state index contributed by atoms with van der Waals surface area (Å²) in [5, 5.41) is 9.03. The standard InChI is InChI=1S/C12H15N3O2/c1-8-3-2-4-11(13-8)14-6-9-5-10(7-14)15(9)12(16)17/h2-4,9-10H,5-7H2,1H3,(H,16,17). The zero-order chi connectivity index (χ0) is 12.0. The first kappa shape index (κ1) is 10.4. The van der Waals surface area contributed by atoms with Crippen LogP contribution in [0.4, 0.5) is 10.6 Å². The molecule has 3 aliphatic rings. The van der Waals surface area contributed by atoms with Crippen LogP contribution in [0.1, 0.15) is 12.1 Å². The first-order chi connectivity index (χ1) is 8.15. The Kier molecular flexibility index (Phi) is 2.21. The Morgan fingerprint density at radius 2 is 2.12 bits per heavy atom. The number of nitrogens with zero attached hydrogens (tertiary/aromatic N) is 3. The maximum atomic E-state index is 11.0. The molecule has 1 aromatic rings. The number of pyridine rings is 1. The third-order valence-corrected chi connectivity index (χ3v) is 3.61. The summed E-state index contributed by atoms with van der Waals surface area (Å²) in [4.78, 5) is 19.2. The Labute approximate surface area is 99.7 Å². The van der Waals surface area contributed by atoms with E-state index in [1.165, 1.54) is 0 Å². The van der Waals surface area contributed by atoms with E-state index in [1.54, 1.807) is 4.90 Å². The SMILES string of the molecule is Cc1cccc(N2CC3CC(C2)N3C(=O)O)n1. The van der Waals surface area contributed by atoms with Gasteiger partial charge >= 0.3 is 6.09 Å². The van der Waals surface area contributed by atoms with E-state index in [4.69, 9.17) is 5.11 Å². The summed E-state index contributed by atoms with van der Waals surface area (Å²) in [7, 11) is 0. The van der Waals surface area contributed by atoms with Gasteiger partial charge in [-0.2, -0.15) is 0 Å². The summed E-state index contributed by atoms with van der Waals surface area (Å²) in [6.45, 7) is 3.50. The lowest BCUT2D eigenvalue weighted by Gasteiger charge is -2.55. The minimum absolute atomic E-state index is 0.147. The van der Waals surface area contributed by atoms with Gasteiger partial charge in [0.2, 0.25) is 0 Å². The molecule has 0 radical (unpaired) electrons. The van der Waals surface area contributed by atoms with E-state index in [0.717, 1.165) is 31.0 Å². The zero-order valence-corrected chi connectivity index (χ0v) is 9.71. The average molecular weight is 233 g/mol. The Morgan fingerprint density at radius 1 is 1.41 bits per heavy atom. The summed E-state index contributed by atoms with van der Waals surface area (Å²) in [6, 6.07) is 6.25. The van der Waals surface area contributed by atoms with Crippen molar-refractivity contribution in [3.63, 3.8) is 0 Å². The average Bonchev–Trinajstić information content (AvgIpc) is 2.28. The summed E-state index contributed by atoms with van der Waals surface area (Å²) in [6.07, 6.45) is 0.206. The van der Waals surface area contributed by atoms with Crippen molar-refractivity contribution in [2.45, 2.75) is 25.4 Å². The molecular weight excluding hydrogens is 218 g/mol. The predicted molar refractivity (Wildman–Crippen MR) is 63.2 cm³/mol. The van der Waals surface area contributed by atoms with E-state index >= 15 is 0 Å². The maximum absolute atomic E-state index is 11.0. The van der Waals surface area contributed by atoms with Gasteiger partial charge in [0.05, 0.1) is 12.1 Å². The highest BCUT2D eigenvalue weighted by Gasteiger charge is 2.47. The van der Waals surface area contributed by atoms with Crippen LogP contribution in [0.5, 0.6) is 0 Å². The van der Waals surface area contributed by atoms with E-state index in [0.29, 0.717) is 0 Å². The van der Waals surface area contributed by atoms with Gasteiger partial charge in [-0.3, -0.25) is 4.90 Å². The summed E-state index contributed by atoms with van der Waals surface area (Å²) < 4.78 is 0. The number of fused-ring (bicyclic) bond motifs is 2. The lowest BCUT2D eigenvalue weighted by Crippen LogP contribution is -2.70. The minimum Gasteiger partial charge on any atom is -0.465 e. The van der Waals surface area contributed by atoms with Gasteiger partial charge in [0.1, 0.15) is 5.82 Å². The number of carbonyl (C=O) groups is 1. The van der Waals surface area contributed by atoms with Crippen LogP contribution in [0.3, 0.4) is 0 Å². The quantitative estimate of drug-likeness (QED) is 0.795. The van der Waals surface area contributed by atoms with Gasteiger partial charge in [-0.05, 0) is 25.5 Å². The van der Waals surface area contributed by atoms with Gasteiger partial charge in [0.15, 0.2) is 0 Å². The molecule has 5 nitrogen and oxygen atoms in total. The molecule has 1 N–H and O–H groups in total. The highest BCUT2D eigenvalue weighted by molar-refractivity contribution is 5.68. The first-order valence-electron chi connectivity index (χ1n) is 5.85. The van der Waals surface area contributed by atoms with Gasteiger partial charge in [-0.15, -0.1) is 0 Å². The topological polar surface area (TPSA) is 56.7 Å². The van der Waals surface area contributed by atoms with Crippen LogP contribution in [-0.2, 0) is 0 Å². The van der Waals surface area contributed by atoms with Gasteiger partial charge < -0.3 is 10.0 Å². The van der Waals surface area contributed by atoms with Gasteiger partial charge in [-0.25, -0.2) is 9.78 Å². The van der Waals surface area contributed by atoms with Crippen LogP contribution in [0, 0.1) is 6.92 Å². The molecule has 0 aromatic carbocycles. The molecule has 0 saturated carbocycles. The lowest BCUT2D eigenvalue weighted by atomic mass is 9.88. The Balaban J connectivity index is 1.76. The molecule has 2 unspecified atom stereocenters. The van der Waals surface area contributed by atoms with Crippen LogP contribution in [0.15, 0.2) is 18.2 Å². The molecule has 3 fully saturated rings. The van der Waals surface area contributed by atoms with Crippen molar-refractivity contribution in [2.75, 3.05) is 18.0 Å². The fraction of sp³-hybridized carbons (Fsp3) is 0.500. The molecule has 0 spiro atoms. The van der Waals surface area contributed by atoms with Crippen molar-refractivity contribution >= 4 is 11.9 Å². The number of amides is 1. The van der Waals surface area contributed by atoms with Crippen molar-refractivity contribution < 1.29 is 9.90 Å². The second-order valence-electron chi connectivity index (χ2n) is 4.78. The molecular formula is C12H15N3O2. The molecule has 0 aliphatic carbocycles. The van der Waals surface area contributed by atoms with Gasteiger partial charge in [-0.1, -0.05) is 6.07 Å². The van der Waals surface area contributed by atoms with Crippen LogP contribution in [0.2, 0.25) is 0 Å². The number of hydrogen-bond donors (Lipinski definition) is 1. The Morgan fingerprint density at radius 3 is 2.71 bits per heavy atom. The number of carboxylic acid groups (broad SMARTS) is 1. The van der Waals surface area contributed by atoms with Crippen molar-refractivity contribution in [1.82, 2.24) is 9.88 Å². The summed E-state index contributed by atoms with van der Waals surface area (Å²) in [5.41, 5.74) is 0.997. The maximum Gasteiger partial charge on any atom is 0.407 e. The first-order valence-corrected chi connectivity index (χ1v) is 5.85. The number of anilines is 1. The van der Waals surface area contributed by atoms with E-state index in [1.807, 2.05) is 25.1 Å². The largest absolute Gasteiger partial charge is 0.465 e. The molecule has 17 heavy (non-hydrogen) atoms. The molecule has 4 heterocycles. The lowest BCUT2D eigenvalue weighted by molar-refractivity contribution is 0.0112. The van der Waals surface area contributed by atoms with Gasteiger partial charge in [0.25, 0.3) is 0 Å². The molecule has 2 atom stereocenters. The van der Waals surface area contributed by atoms with E-state index in [9.17, 15) is 4.79 Å². The molecule has 1 amide bonds. The third-order valence-electron chi connectivity index (χ3n) is 3.61. The Bertz CT molecular complexity index is 451. The van der Waals surface area contributed by atoms with Crippen LogP contribution in [0.25, 0.3) is 0 Å². The summed E-state index contributed by atoms with van der Waals surface area (Å²) in [5.74, 6) is 0.963. The second-order valence-corrected chi connectivity index (χ2v) is 4.78. The number of aryl methyl sites for hydroxylation is 1. The van der Waals surface area contributed by atoms with Crippen molar-refractivity contribution in [2.24, 2.45) is 0 Å². The van der Waals surface area contributed by atoms with Gasteiger partial charge in [0, 0.05) is 18.8 Å². The highest BCUT2D eigenvalue weighted by atomic mass is 16.4. The van der Waals surface area contributed by atoms with Crippen molar-refractivity contribution in [3.8, 4) is 0 Å². The smallest absolute Gasteiger partial charge is 0.407 e. The molecule has 5 heteroatoms. The molecule has 3 saturated heterocycles. The number of piperazine rings is 1. The fourth-order valence-corrected chi connectivity index (χ4v) is 2.81. The highest BCUT2D eigenvalue weighted by Crippen LogP contribution is 2.33. The van der Waals surface area contributed by atoms with Crippen LogP contribution in [-0.4, -0.2) is 46.3 Å². The van der Waals surface area contributed by atoms with Crippen molar-refractivity contribution in [3.05, 3.63) is 23.9 Å². The molecule has 3 aliphatic heterocycles. The summed E-state index contributed by atoms with van der Waals surface area (Å²) >= 11 is 0. The van der Waals surface area contributed by atoms with E-state index in [-0.39, 0.29) is 12.1 Å². The number of rotatable bonds is 1. The predicted octanol–water partition coefficient (Wildman–Crippen LogP) is 1.33. The number of aromatic nitrogens is 1. The zero-order valence-electron chi connectivity index (χ0n) is 9.71. The second kappa shape index (κ2) is 3.61. The number of piperidine rings is 1. The normalized spacial score (nSPS) is 26.6. The van der Waals surface area contributed by atoms with E-state index in [2.05, 4.69) is 9.88 Å². The third kappa shape index (κ3) is 1.62. The molecule has 1 aromatic heterocycles. The minimum atomic E-state index is -0.789. The van der Waals surface area contributed by atoms with Crippen molar-refractivity contribution in [1.29, 1.82) is 0 Å². The molecule has 4 rings (SSSR count). The van der Waals surface area contributed by atoms with E-state index < -0.39 is 6.09 Å². The fourth-order valence-electron chi connectivity index (χ4n) is 2.81. The number of hydrogen-bond acceptors (Lipinski definition) is 3. The van der Waals surface area contributed by atoms with Crippen LogP contribution < -0.4 is 4.90 Å². The van der Waals surface area contributed by atoms with Crippen LogP contribution >= 0.6 is 0 Å². The monoisotopic (exact) mass is 233 g/mol. The molecule has 90 valence electrons. The Hall–Kier alpha value is -1.78.